The van der Waals surface area contributed by atoms with Crippen LogP contribution in [0.1, 0.15) is 17.3 Å². The zero-order valence-corrected chi connectivity index (χ0v) is 10.3. The first kappa shape index (κ1) is 14.1. The van der Waals surface area contributed by atoms with E-state index in [1.165, 1.54) is 25.1 Å². The number of nitrogens with two attached hydrogens (primary N) is 1. The first-order chi connectivity index (χ1) is 8.24. The average Bonchev–Trinajstić information content (AvgIpc) is 2.28. The summed E-state index contributed by atoms with van der Waals surface area (Å²) in [5.74, 6) is -2.07. The van der Waals surface area contributed by atoms with Gasteiger partial charge in [0.25, 0.3) is 0 Å². The second kappa shape index (κ2) is 5.15. The molecule has 0 saturated carbocycles. The number of rotatable bonds is 5. The molecule has 0 radical (unpaired) electrons. The zero-order chi connectivity index (χ0) is 13.9. The van der Waals surface area contributed by atoms with Crippen molar-refractivity contribution in [3.63, 3.8) is 0 Å². The fourth-order valence-corrected chi connectivity index (χ4v) is 2.41. The third-order valence-electron chi connectivity index (χ3n) is 2.15. The molecular weight excluding hydrogens is 260 g/mol. The van der Waals surface area contributed by atoms with Gasteiger partial charge in [-0.2, -0.15) is 4.72 Å². The van der Waals surface area contributed by atoms with Gasteiger partial charge in [-0.05, 0) is 25.1 Å². The third-order valence-corrected chi connectivity index (χ3v) is 3.69. The van der Waals surface area contributed by atoms with Gasteiger partial charge in [0.2, 0.25) is 15.9 Å². The molecule has 98 valence electrons. The Bertz CT molecular complexity index is 582. The Kier molecular flexibility index (Phi) is 4.04. The lowest BCUT2D eigenvalue weighted by atomic mass is 10.2. The Labute approximate surface area is 104 Å². The molecule has 0 spiro atoms. The van der Waals surface area contributed by atoms with E-state index in [2.05, 4.69) is 0 Å². The van der Waals surface area contributed by atoms with Crippen LogP contribution in [0.5, 0.6) is 0 Å². The average molecular weight is 272 g/mol. The summed E-state index contributed by atoms with van der Waals surface area (Å²) in [6.45, 7) is 1.29. The Balaban J connectivity index is 3.09. The SMILES string of the molecule is CC(NS(=O)(=O)c1cccc(C(=O)O)c1)C(N)=O. The smallest absolute Gasteiger partial charge is 0.335 e. The lowest BCUT2D eigenvalue weighted by molar-refractivity contribution is -0.119. The van der Waals surface area contributed by atoms with Crippen LogP contribution in [0.3, 0.4) is 0 Å². The van der Waals surface area contributed by atoms with Crippen molar-refractivity contribution in [3.05, 3.63) is 29.8 Å². The normalized spacial score (nSPS) is 12.9. The van der Waals surface area contributed by atoms with Crippen molar-refractivity contribution in [3.8, 4) is 0 Å². The molecule has 0 heterocycles. The van der Waals surface area contributed by atoms with Crippen molar-refractivity contribution in [2.24, 2.45) is 5.73 Å². The highest BCUT2D eigenvalue weighted by atomic mass is 32.2. The van der Waals surface area contributed by atoms with Crippen LogP contribution < -0.4 is 10.5 Å². The summed E-state index contributed by atoms with van der Waals surface area (Å²) < 4.78 is 25.7. The van der Waals surface area contributed by atoms with Crippen molar-refractivity contribution in [2.75, 3.05) is 0 Å². The minimum absolute atomic E-state index is 0.162. The second-order valence-corrected chi connectivity index (χ2v) is 5.29. The highest BCUT2D eigenvalue weighted by Crippen LogP contribution is 2.12. The van der Waals surface area contributed by atoms with Crippen LogP contribution in [0.2, 0.25) is 0 Å². The van der Waals surface area contributed by atoms with Crippen LogP contribution >= 0.6 is 0 Å². The molecule has 1 rings (SSSR count). The third kappa shape index (κ3) is 3.28. The molecule has 0 aliphatic heterocycles. The minimum Gasteiger partial charge on any atom is -0.478 e. The number of aromatic carboxylic acids is 1. The molecule has 1 atom stereocenters. The predicted octanol–water partition coefficient (Wildman–Crippen LogP) is -0.463. The van der Waals surface area contributed by atoms with Crippen LogP contribution in [-0.4, -0.2) is 31.4 Å². The van der Waals surface area contributed by atoms with Gasteiger partial charge in [0.1, 0.15) is 0 Å². The molecule has 0 fully saturated rings. The fraction of sp³-hybridized carbons (Fsp3) is 0.200. The molecule has 0 aliphatic rings. The van der Waals surface area contributed by atoms with Crippen molar-refractivity contribution in [2.45, 2.75) is 17.9 Å². The number of carbonyl (C=O) groups excluding carboxylic acids is 1. The Morgan fingerprint density at radius 1 is 1.39 bits per heavy atom. The van der Waals surface area contributed by atoms with Gasteiger partial charge in [-0.1, -0.05) is 6.07 Å². The Morgan fingerprint density at radius 2 is 2.00 bits per heavy atom. The number of sulfonamides is 1. The van der Waals surface area contributed by atoms with E-state index in [0.29, 0.717) is 0 Å². The van der Waals surface area contributed by atoms with E-state index < -0.39 is 27.9 Å². The number of hydrogen-bond donors (Lipinski definition) is 3. The summed E-state index contributed by atoms with van der Waals surface area (Å²) >= 11 is 0. The Hall–Kier alpha value is -1.93. The maximum absolute atomic E-state index is 11.8. The molecule has 1 aromatic rings. The first-order valence-electron chi connectivity index (χ1n) is 4.89. The number of carboxylic acids is 1. The van der Waals surface area contributed by atoms with Crippen LogP contribution in [0, 0.1) is 0 Å². The molecule has 7 nitrogen and oxygen atoms in total. The molecule has 0 bridgehead atoms. The molecule has 4 N–H and O–H groups in total. The quantitative estimate of drug-likeness (QED) is 0.668. The van der Waals surface area contributed by atoms with Crippen LogP contribution in [0.15, 0.2) is 29.2 Å². The van der Waals surface area contributed by atoms with E-state index in [1.54, 1.807) is 0 Å². The number of primary amides is 1. The standard InChI is InChI=1S/C10H12N2O5S/c1-6(9(11)13)12-18(16,17)8-4-2-3-7(5-8)10(14)15/h2-6,12H,1H3,(H2,11,13)(H,14,15). The van der Waals surface area contributed by atoms with Gasteiger partial charge in [-0.15, -0.1) is 0 Å². The second-order valence-electron chi connectivity index (χ2n) is 3.58. The number of carbonyl (C=O) groups is 2. The summed E-state index contributed by atoms with van der Waals surface area (Å²) in [5, 5.41) is 8.76. The molecule has 8 heteroatoms. The number of nitrogens with one attached hydrogen (secondary N) is 1. The zero-order valence-electron chi connectivity index (χ0n) is 9.45. The Morgan fingerprint density at radius 3 is 2.50 bits per heavy atom. The van der Waals surface area contributed by atoms with E-state index in [9.17, 15) is 18.0 Å². The van der Waals surface area contributed by atoms with Gasteiger partial charge >= 0.3 is 5.97 Å². The number of hydrogen-bond acceptors (Lipinski definition) is 4. The molecule has 1 amide bonds. The fourth-order valence-electron chi connectivity index (χ4n) is 1.16. The highest BCUT2D eigenvalue weighted by molar-refractivity contribution is 7.89. The molecule has 0 aromatic heterocycles. The predicted molar refractivity (Wildman–Crippen MR) is 62.4 cm³/mol. The van der Waals surface area contributed by atoms with E-state index in [4.69, 9.17) is 10.8 Å². The van der Waals surface area contributed by atoms with Gasteiger partial charge in [0, 0.05) is 0 Å². The highest BCUT2D eigenvalue weighted by Gasteiger charge is 2.21. The van der Waals surface area contributed by atoms with E-state index in [1.807, 2.05) is 4.72 Å². The van der Waals surface area contributed by atoms with Crippen LogP contribution in [0.25, 0.3) is 0 Å². The molecular formula is C10H12N2O5S. The van der Waals surface area contributed by atoms with Crippen LogP contribution in [-0.2, 0) is 14.8 Å². The van der Waals surface area contributed by atoms with Gasteiger partial charge in [0.15, 0.2) is 0 Å². The van der Waals surface area contributed by atoms with E-state index in [-0.39, 0.29) is 10.5 Å². The van der Waals surface area contributed by atoms with E-state index >= 15 is 0 Å². The lowest BCUT2D eigenvalue weighted by Gasteiger charge is -2.11. The summed E-state index contributed by atoms with van der Waals surface area (Å²) in [5.41, 5.74) is 4.78. The molecule has 18 heavy (non-hydrogen) atoms. The van der Waals surface area contributed by atoms with Crippen molar-refractivity contribution in [1.29, 1.82) is 0 Å². The van der Waals surface area contributed by atoms with Gasteiger partial charge in [-0.3, -0.25) is 4.79 Å². The molecule has 0 saturated heterocycles. The number of amides is 1. The topological polar surface area (TPSA) is 127 Å². The molecule has 1 aromatic carbocycles. The van der Waals surface area contributed by atoms with Crippen LogP contribution in [0.4, 0.5) is 0 Å². The maximum atomic E-state index is 11.8. The summed E-state index contributed by atoms with van der Waals surface area (Å²) in [7, 11) is -3.97. The maximum Gasteiger partial charge on any atom is 0.335 e. The van der Waals surface area contributed by atoms with Crippen molar-refractivity contribution >= 4 is 21.9 Å². The van der Waals surface area contributed by atoms with Gasteiger partial charge in [-0.25, -0.2) is 13.2 Å². The van der Waals surface area contributed by atoms with E-state index in [0.717, 1.165) is 6.07 Å². The van der Waals surface area contributed by atoms with Crippen molar-refractivity contribution in [1.82, 2.24) is 4.72 Å². The largest absolute Gasteiger partial charge is 0.478 e. The summed E-state index contributed by atoms with van der Waals surface area (Å²) in [4.78, 5) is 21.3. The van der Waals surface area contributed by atoms with Gasteiger partial charge < -0.3 is 10.8 Å². The molecule has 0 aliphatic carbocycles. The monoisotopic (exact) mass is 272 g/mol. The summed E-state index contributed by atoms with van der Waals surface area (Å²) in [6, 6.07) is 3.70. The number of carboxylic acid groups (broad SMARTS) is 1. The number of benzene rings is 1. The minimum atomic E-state index is -3.97. The molecule has 1 unspecified atom stereocenters. The summed E-state index contributed by atoms with van der Waals surface area (Å²) in [6.07, 6.45) is 0. The van der Waals surface area contributed by atoms with Crippen molar-refractivity contribution < 1.29 is 23.1 Å². The van der Waals surface area contributed by atoms with Gasteiger partial charge in [0.05, 0.1) is 16.5 Å². The lowest BCUT2D eigenvalue weighted by Crippen LogP contribution is -2.42. The first-order valence-corrected chi connectivity index (χ1v) is 6.37.